The van der Waals surface area contributed by atoms with Crippen molar-refractivity contribution in [2.24, 2.45) is 5.92 Å². The fourth-order valence-corrected chi connectivity index (χ4v) is 6.64. The first-order chi connectivity index (χ1) is 20.0. The van der Waals surface area contributed by atoms with Gasteiger partial charge in [0.2, 0.25) is 0 Å². The number of phenols is 2. The van der Waals surface area contributed by atoms with Crippen molar-refractivity contribution in [1.29, 1.82) is 0 Å². The van der Waals surface area contributed by atoms with Gasteiger partial charge in [0, 0.05) is 24.5 Å². The van der Waals surface area contributed by atoms with Crippen molar-refractivity contribution in [2.45, 2.75) is 96.5 Å². The third-order valence-electron chi connectivity index (χ3n) is 9.22. The molecule has 1 aliphatic carbocycles. The third kappa shape index (κ3) is 7.03. The van der Waals surface area contributed by atoms with Gasteiger partial charge in [0.25, 0.3) is 0 Å². The van der Waals surface area contributed by atoms with Gasteiger partial charge in [-0.25, -0.2) is 0 Å². The molecule has 2 N–H and O–H groups in total. The summed E-state index contributed by atoms with van der Waals surface area (Å²) in [6.07, 6.45) is 11.0. The summed E-state index contributed by atoms with van der Waals surface area (Å²) in [4.78, 5) is 12.5. The maximum absolute atomic E-state index is 12.5. The molecule has 42 heavy (non-hydrogen) atoms. The molecular weight excluding hydrogens is 528 g/mol. The predicted octanol–water partition coefficient (Wildman–Crippen LogP) is 7.97. The van der Waals surface area contributed by atoms with Crippen LogP contribution in [0.4, 0.5) is 0 Å². The number of allylic oxidation sites excluding steroid dienone is 3. The highest BCUT2D eigenvalue weighted by Gasteiger charge is 2.37. The highest BCUT2D eigenvalue weighted by atomic mass is 16.5. The van der Waals surface area contributed by atoms with E-state index in [9.17, 15) is 15.0 Å². The lowest BCUT2D eigenvalue weighted by Crippen LogP contribution is -2.32. The van der Waals surface area contributed by atoms with Crippen LogP contribution in [-0.4, -0.2) is 43.4 Å². The Hall–Kier alpha value is -3.25. The number of hydrogen-bond donors (Lipinski definition) is 2. The lowest BCUT2D eigenvalue weighted by atomic mass is 9.68. The van der Waals surface area contributed by atoms with E-state index in [1.165, 1.54) is 5.57 Å². The Bertz CT molecular complexity index is 1290. The topological polar surface area (TPSA) is 85.2 Å². The number of carbonyl (C=O) groups is 1. The van der Waals surface area contributed by atoms with Crippen LogP contribution in [0.1, 0.15) is 89.8 Å². The van der Waals surface area contributed by atoms with E-state index in [2.05, 4.69) is 39.8 Å². The molecule has 230 valence electrons. The molecule has 0 fully saturated rings. The summed E-state index contributed by atoms with van der Waals surface area (Å²) in [5.74, 6) is 1.40. The number of phenolic OH excluding ortho intramolecular Hbond substituents is 2. The Balaban J connectivity index is 2.17. The van der Waals surface area contributed by atoms with Crippen LogP contribution in [0.3, 0.4) is 0 Å². The minimum Gasteiger partial charge on any atom is -0.504 e. The first-order valence-electron chi connectivity index (χ1n) is 15.2. The van der Waals surface area contributed by atoms with E-state index in [1.807, 2.05) is 37.3 Å². The van der Waals surface area contributed by atoms with E-state index in [4.69, 9.17) is 14.2 Å². The van der Waals surface area contributed by atoms with E-state index in [0.717, 1.165) is 42.4 Å². The molecule has 0 spiro atoms. The predicted molar refractivity (Wildman–Crippen MR) is 169 cm³/mol. The van der Waals surface area contributed by atoms with Crippen LogP contribution in [0.2, 0.25) is 0 Å². The molecule has 0 amide bonds. The van der Waals surface area contributed by atoms with Gasteiger partial charge in [0.05, 0.1) is 14.2 Å². The van der Waals surface area contributed by atoms with Gasteiger partial charge in [0.1, 0.15) is 6.10 Å². The molecule has 2 aromatic carbocycles. The lowest BCUT2D eigenvalue weighted by Gasteiger charge is -2.37. The van der Waals surface area contributed by atoms with Gasteiger partial charge in [-0.2, -0.15) is 0 Å². The van der Waals surface area contributed by atoms with Crippen LogP contribution in [0, 0.1) is 5.92 Å². The Labute approximate surface area is 252 Å². The highest BCUT2D eigenvalue weighted by Crippen LogP contribution is 2.48. The van der Waals surface area contributed by atoms with Crippen molar-refractivity contribution in [3.8, 4) is 23.0 Å². The van der Waals surface area contributed by atoms with Gasteiger partial charge in [0.15, 0.2) is 28.8 Å². The van der Waals surface area contributed by atoms with Gasteiger partial charge >= 0.3 is 0 Å². The number of methoxy groups -OCH3 is 3. The van der Waals surface area contributed by atoms with E-state index >= 15 is 0 Å². The van der Waals surface area contributed by atoms with Crippen molar-refractivity contribution >= 4 is 5.78 Å². The number of benzene rings is 2. The van der Waals surface area contributed by atoms with Gasteiger partial charge in [-0.1, -0.05) is 64.0 Å². The summed E-state index contributed by atoms with van der Waals surface area (Å²) in [7, 11) is 4.74. The van der Waals surface area contributed by atoms with Crippen LogP contribution >= 0.6 is 0 Å². The van der Waals surface area contributed by atoms with E-state index < -0.39 is 11.5 Å². The number of hydrogen-bond acceptors (Lipinski definition) is 6. The summed E-state index contributed by atoms with van der Waals surface area (Å²) >= 11 is 0. The zero-order chi connectivity index (χ0) is 31.1. The molecule has 0 aliphatic heterocycles. The highest BCUT2D eigenvalue weighted by molar-refractivity contribution is 5.86. The molecular formula is C36H50O6. The fourth-order valence-electron chi connectivity index (χ4n) is 6.64. The molecule has 4 unspecified atom stereocenters. The maximum Gasteiger partial charge on any atom is 0.166 e. The Kier molecular flexibility index (Phi) is 11.3. The average Bonchev–Trinajstić information content (AvgIpc) is 2.98. The summed E-state index contributed by atoms with van der Waals surface area (Å²) in [6.45, 7) is 10.7. The summed E-state index contributed by atoms with van der Waals surface area (Å²) < 4.78 is 16.7. The SMILES string of the molecule is CC=CCC(C)(CC1=CC(OC)C(=O)CC1C)c1cc(CC(CC)(CCC)c2ccc(O)c(OC)c2)cc(OC)c1O. The van der Waals surface area contributed by atoms with Crippen LogP contribution in [-0.2, 0) is 26.8 Å². The summed E-state index contributed by atoms with van der Waals surface area (Å²) in [5, 5.41) is 21.8. The largest absolute Gasteiger partial charge is 0.504 e. The standard InChI is InChI=1S/C36H50O6/c1-9-12-16-35(5,23-26-20-31(40-6)30(38)17-24(26)4)28-18-25(19-33(42-8)34(28)39)22-36(11-3,15-10-2)27-13-14-29(37)32(21-27)41-7/h9,12-14,18-21,24,31,37,39H,10-11,15-17,22-23H2,1-8H3. The molecule has 0 saturated carbocycles. The molecule has 0 heterocycles. The molecule has 1 aliphatic rings. The zero-order valence-electron chi connectivity index (χ0n) is 26.8. The van der Waals surface area contributed by atoms with E-state index in [1.54, 1.807) is 27.4 Å². The van der Waals surface area contributed by atoms with Gasteiger partial charge in [-0.05, 0) is 85.8 Å². The number of carbonyl (C=O) groups excluding carboxylic acids is 1. The average molecular weight is 579 g/mol. The minimum atomic E-state index is -0.529. The van der Waals surface area contributed by atoms with Crippen molar-refractivity contribution in [1.82, 2.24) is 0 Å². The second kappa shape index (κ2) is 14.3. The second-order valence-corrected chi connectivity index (χ2v) is 12.1. The van der Waals surface area contributed by atoms with Gasteiger partial charge < -0.3 is 24.4 Å². The number of ketones is 1. The van der Waals surface area contributed by atoms with Crippen molar-refractivity contribution in [3.05, 3.63) is 70.8 Å². The fraction of sp³-hybridized carbons (Fsp3) is 0.528. The molecule has 6 nitrogen and oxygen atoms in total. The maximum atomic E-state index is 12.5. The molecule has 0 bridgehead atoms. The van der Waals surface area contributed by atoms with Crippen molar-refractivity contribution in [2.75, 3.05) is 21.3 Å². The van der Waals surface area contributed by atoms with Crippen LogP contribution in [0.5, 0.6) is 23.0 Å². The van der Waals surface area contributed by atoms with Crippen molar-refractivity contribution < 1.29 is 29.2 Å². The number of rotatable bonds is 14. The molecule has 6 heteroatoms. The van der Waals surface area contributed by atoms with Crippen LogP contribution < -0.4 is 9.47 Å². The Morgan fingerprint density at radius 2 is 1.74 bits per heavy atom. The molecule has 0 radical (unpaired) electrons. The molecule has 0 aromatic heterocycles. The quantitative estimate of drug-likeness (QED) is 0.221. The van der Waals surface area contributed by atoms with Gasteiger partial charge in [-0.15, -0.1) is 0 Å². The summed E-state index contributed by atoms with van der Waals surface area (Å²) in [5.41, 5.74) is 3.52. The first kappa shape index (κ1) is 33.3. The van der Waals surface area contributed by atoms with Crippen molar-refractivity contribution in [3.63, 3.8) is 0 Å². The monoisotopic (exact) mass is 578 g/mol. The second-order valence-electron chi connectivity index (χ2n) is 12.1. The lowest BCUT2D eigenvalue weighted by molar-refractivity contribution is -0.127. The summed E-state index contributed by atoms with van der Waals surface area (Å²) in [6, 6.07) is 9.76. The zero-order valence-corrected chi connectivity index (χ0v) is 26.8. The number of Topliss-reactive ketones (excluding diaryl/α,β-unsaturated/α-hetero) is 1. The number of aromatic hydroxyl groups is 2. The Morgan fingerprint density at radius 3 is 2.33 bits per heavy atom. The molecule has 0 saturated heterocycles. The molecule has 4 atom stereocenters. The van der Waals surface area contributed by atoms with E-state index in [-0.39, 0.29) is 28.6 Å². The van der Waals surface area contributed by atoms with Crippen LogP contribution in [0.15, 0.2) is 54.1 Å². The van der Waals surface area contributed by atoms with Crippen LogP contribution in [0.25, 0.3) is 0 Å². The smallest absolute Gasteiger partial charge is 0.166 e. The van der Waals surface area contributed by atoms with Gasteiger partial charge in [-0.3, -0.25) is 4.79 Å². The van der Waals surface area contributed by atoms with E-state index in [0.29, 0.717) is 30.8 Å². The third-order valence-corrected chi connectivity index (χ3v) is 9.22. The number of ether oxygens (including phenoxy) is 3. The minimum absolute atomic E-state index is 0.0998. The molecule has 3 rings (SSSR count). The first-order valence-corrected chi connectivity index (χ1v) is 15.2. The normalized spacial score (nSPS) is 20.2. The Morgan fingerprint density at radius 1 is 1.02 bits per heavy atom. The molecule has 2 aromatic rings.